The second kappa shape index (κ2) is 8.14. The summed E-state index contributed by atoms with van der Waals surface area (Å²) in [6, 6.07) is 24.2. The maximum atomic E-state index is 14.6. The molecule has 1 aliphatic rings. The Bertz CT molecular complexity index is 1080. The Labute approximate surface area is 186 Å². The maximum Gasteiger partial charge on any atom is 0.460 e. The summed E-state index contributed by atoms with van der Waals surface area (Å²) in [5, 5.41) is 0. The molecule has 0 amide bonds. The second-order valence-corrected chi connectivity index (χ2v) is 8.91. The van der Waals surface area contributed by atoms with Gasteiger partial charge in [-0.15, -0.1) is 0 Å². The number of rotatable bonds is 3. The van der Waals surface area contributed by atoms with Crippen LogP contribution in [0.5, 0.6) is 0 Å². The minimum atomic E-state index is -4.80. The molecule has 1 aliphatic heterocycles. The third-order valence-corrected chi connectivity index (χ3v) is 5.52. The van der Waals surface area contributed by atoms with Gasteiger partial charge in [-0.2, -0.15) is 13.2 Å². The van der Waals surface area contributed by atoms with Crippen molar-refractivity contribution in [2.24, 2.45) is 0 Å². The Balaban J connectivity index is 1.84. The number of hydrogen-bond acceptors (Lipinski definition) is 2. The van der Waals surface area contributed by atoms with E-state index >= 15 is 0 Å². The van der Waals surface area contributed by atoms with Crippen LogP contribution in [0.1, 0.15) is 49.1 Å². The van der Waals surface area contributed by atoms with Crippen LogP contribution in [0.15, 0.2) is 90.7 Å². The predicted molar refractivity (Wildman–Crippen MR) is 119 cm³/mol. The first-order chi connectivity index (χ1) is 15.1. The highest BCUT2D eigenvalue weighted by atomic mass is 19.4. The molecule has 2 unspecified atom stereocenters. The number of ether oxygens (including phenoxy) is 2. The van der Waals surface area contributed by atoms with Crippen molar-refractivity contribution in [1.82, 2.24) is 0 Å². The molecular weight excluding hydrogens is 413 g/mol. The largest absolute Gasteiger partial charge is 0.460 e. The van der Waals surface area contributed by atoms with Crippen LogP contribution in [-0.4, -0.2) is 6.18 Å². The summed E-state index contributed by atoms with van der Waals surface area (Å²) in [7, 11) is 0. The Morgan fingerprint density at radius 1 is 0.781 bits per heavy atom. The summed E-state index contributed by atoms with van der Waals surface area (Å²) in [4.78, 5) is 0. The zero-order chi connectivity index (χ0) is 23.0. The molecule has 0 saturated carbocycles. The number of hydrogen-bond donors (Lipinski definition) is 0. The van der Waals surface area contributed by atoms with Gasteiger partial charge in [0.25, 0.3) is 0 Å². The number of halogens is 3. The molecule has 1 heterocycles. The van der Waals surface area contributed by atoms with Gasteiger partial charge in [0.2, 0.25) is 0 Å². The van der Waals surface area contributed by atoms with Crippen LogP contribution in [0, 0.1) is 0 Å². The van der Waals surface area contributed by atoms with E-state index in [1.165, 1.54) is 12.1 Å². The molecule has 4 rings (SSSR count). The number of benzene rings is 3. The van der Waals surface area contributed by atoms with Crippen LogP contribution in [0.25, 0.3) is 6.08 Å². The van der Waals surface area contributed by atoms with Gasteiger partial charge in [0.15, 0.2) is 0 Å². The minimum Gasteiger partial charge on any atom is -0.451 e. The molecule has 1 saturated heterocycles. The highest BCUT2D eigenvalue weighted by Gasteiger charge is 2.66. The van der Waals surface area contributed by atoms with Gasteiger partial charge in [-0.25, -0.2) is 0 Å². The van der Waals surface area contributed by atoms with Crippen molar-refractivity contribution in [3.05, 3.63) is 113 Å². The molecule has 0 aliphatic carbocycles. The zero-order valence-electron chi connectivity index (χ0n) is 18.2. The highest BCUT2D eigenvalue weighted by molar-refractivity contribution is 5.54. The van der Waals surface area contributed by atoms with Gasteiger partial charge in [-0.1, -0.05) is 106 Å². The summed E-state index contributed by atoms with van der Waals surface area (Å²) >= 11 is 0. The molecule has 2 nitrogen and oxygen atoms in total. The molecule has 0 aromatic heterocycles. The molecule has 1 fully saturated rings. The molecule has 32 heavy (non-hydrogen) atoms. The quantitative estimate of drug-likeness (QED) is 0.421. The Morgan fingerprint density at radius 2 is 1.34 bits per heavy atom. The summed E-state index contributed by atoms with van der Waals surface area (Å²) in [6.45, 7) is 6.03. The Kier molecular flexibility index (Phi) is 5.63. The molecule has 3 aromatic rings. The molecule has 5 heteroatoms. The van der Waals surface area contributed by atoms with Crippen LogP contribution in [0.4, 0.5) is 13.2 Å². The van der Waals surface area contributed by atoms with E-state index in [0.29, 0.717) is 5.56 Å². The van der Waals surface area contributed by atoms with Crippen molar-refractivity contribution in [1.29, 1.82) is 0 Å². The minimum absolute atomic E-state index is 0.0876. The third-order valence-electron chi connectivity index (χ3n) is 5.52. The van der Waals surface area contributed by atoms with Gasteiger partial charge in [-0.3, -0.25) is 0 Å². The van der Waals surface area contributed by atoms with Gasteiger partial charge in [-0.05, 0) is 28.2 Å². The van der Waals surface area contributed by atoms with Gasteiger partial charge in [0, 0.05) is 5.56 Å². The van der Waals surface area contributed by atoms with E-state index in [0.717, 1.165) is 11.1 Å². The van der Waals surface area contributed by atoms with Crippen molar-refractivity contribution in [3.8, 4) is 0 Å². The van der Waals surface area contributed by atoms with E-state index in [1.54, 1.807) is 42.5 Å². The topological polar surface area (TPSA) is 18.5 Å². The lowest BCUT2D eigenvalue weighted by Crippen LogP contribution is -2.43. The average molecular weight is 438 g/mol. The summed E-state index contributed by atoms with van der Waals surface area (Å²) < 4.78 is 55.2. The zero-order valence-corrected chi connectivity index (χ0v) is 18.2. The predicted octanol–water partition coefficient (Wildman–Crippen LogP) is 7.53. The van der Waals surface area contributed by atoms with Gasteiger partial charge in [0.1, 0.15) is 11.9 Å². The first-order valence-electron chi connectivity index (χ1n) is 10.5. The number of alkyl halides is 3. The van der Waals surface area contributed by atoms with Crippen LogP contribution in [-0.2, 0) is 20.7 Å². The van der Waals surface area contributed by atoms with Crippen molar-refractivity contribution in [3.63, 3.8) is 0 Å². The van der Waals surface area contributed by atoms with Crippen molar-refractivity contribution in [2.45, 2.75) is 44.3 Å². The molecule has 2 atom stereocenters. The lowest BCUT2D eigenvalue weighted by molar-refractivity contribution is -0.354. The normalized spacial score (nSPS) is 22.7. The lowest BCUT2D eigenvalue weighted by atomic mass is 9.86. The maximum absolute atomic E-state index is 14.6. The first-order valence-corrected chi connectivity index (χ1v) is 10.5. The Hall–Kier alpha value is -3.05. The van der Waals surface area contributed by atoms with Crippen LogP contribution >= 0.6 is 0 Å². The summed E-state index contributed by atoms with van der Waals surface area (Å²) in [6.07, 6.45) is -4.19. The van der Waals surface area contributed by atoms with E-state index in [1.807, 2.05) is 57.2 Å². The van der Waals surface area contributed by atoms with Crippen LogP contribution < -0.4 is 0 Å². The monoisotopic (exact) mass is 438 g/mol. The first kappa shape index (κ1) is 22.2. The fourth-order valence-corrected chi connectivity index (χ4v) is 3.75. The standard InChI is InChI=1S/C27H25F3O2/c1-25(2,3)21-14-16-22(17-15-21)26(27(28,29)30)31-23(18-19-10-6-4-7-11-19)24(32-26)20-12-8-5-9-13-20/h4-18,24H,1-3H3/b23-18-. The van der Waals surface area contributed by atoms with Crippen LogP contribution in [0.3, 0.4) is 0 Å². The highest BCUT2D eigenvalue weighted by Crippen LogP contribution is 2.55. The molecule has 0 N–H and O–H groups in total. The lowest BCUT2D eigenvalue weighted by Gasteiger charge is -2.30. The molecule has 3 aromatic carbocycles. The summed E-state index contributed by atoms with van der Waals surface area (Å²) in [5.41, 5.74) is 1.97. The Morgan fingerprint density at radius 3 is 1.88 bits per heavy atom. The van der Waals surface area contributed by atoms with Gasteiger partial charge in [0.05, 0.1) is 0 Å². The summed E-state index contributed by atoms with van der Waals surface area (Å²) in [5.74, 6) is -2.79. The van der Waals surface area contributed by atoms with Crippen molar-refractivity contribution >= 4 is 6.08 Å². The SMILES string of the molecule is CC(C)(C)c1ccc(C2(C(F)(F)F)O/C(=C\c3ccccc3)C(c3ccccc3)O2)cc1. The van der Waals surface area contributed by atoms with E-state index in [-0.39, 0.29) is 16.7 Å². The van der Waals surface area contributed by atoms with E-state index in [4.69, 9.17) is 9.47 Å². The third kappa shape index (κ3) is 4.17. The molecule has 166 valence electrons. The van der Waals surface area contributed by atoms with Crippen molar-refractivity contribution in [2.75, 3.05) is 0 Å². The average Bonchev–Trinajstić information content (AvgIpc) is 3.15. The van der Waals surface area contributed by atoms with E-state index in [9.17, 15) is 13.2 Å². The molecular formula is C27H25F3O2. The fraction of sp³-hybridized carbons (Fsp3) is 0.259. The van der Waals surface area contributed by atoms with Crippen LogP contribution in [0.2, 0.25) is 0 Å². The van der Waals surface area contributed by atoms with E-state index in [2.05, 4.69) is 0 Å². The molecule has 0 spiro atoms. The molecule has 0 radical (unpaired) electrons. The van der Waals surface area contributed by atoms with E-state index < -0.39 is 18.1 Å². The second-order valence-electron chi connectivity index (χ2n) is 8.91. The van der Waals surface area contributed by atoms with Crippen molar-refractivity contribution < 1.29 is 22.6 Å². The smallest absolute Gasteiger partial charge is 0.451 e. The van der Waals surface area contributed by atoms with Gasteiger partial charge < -0.3 is 9.47 Å². The molecule has 0 bridgehead atoms. The fourth-order valence-electron chi connectivity index (χ4n) is 3.75. The van der Waals surface area contributed by atoms with Gasteiger partial charge >= 0.3 is 12.0 Å².